The Hall–Kier alpha value is -2.60. The number of nitrogens with zero attached hydrogens (tertiary/aromatic N) is 1. The van der Waals surface area contributed by atoms with E-state index in [1.165, 1.54) is 25.5 Å². The number of hydrogen-bond donors (Lipinski definition) is 2. The summed E-state index contributed by atoms with van der Waals surface area (Å²) in [5.41, 5.74) is 9.33. The minimum absolute atomic E-state index is 0.354. The highest BCUT2D eigenvalue weighted by Crippen LogP contribution is 2.45. The molecule has 1 aliphatic rings. The molecule has 1 saturated carbocycles. The van der Waals surface area contributed by atoms with Crippen LogP contribution in [0.4, 0.5) is 10.6 Å². The number of nitrogens with two attached hydrogens (primary N) is 1. The lowest BCUT2D eigenvalue weighted by atomic mass is 9.92. The molecule has 1 atom stereocenters. The van der Waals surface area contributed by atoms with E-state index in [-0.39, 0.29) is 5.54 Å². The Morgan fingerprint density at radius 2 is 2.00 bits per heavy atom. The maximum Gasteiger partial charge on any atom is 0.412 e. The molecule has 0 radical (unpaired) electrons. The second kappa shape index (κ2) is 8.82. The fourth-order valence-electron chi connectivity index (χ4n) is 3.64. The van der Waals surface area contributed by atoms with E-state index in [0.29, 0.717) is 24.3 Å². The van der Waals surface area contributed by atoms with Gasteiger partial charge in [0.1, 0.15) is 18.2 Å². The molecule has 0 aliphatic heterocycles. The number of amides is 1. The van der Waals surface area contributed by atoms with E-state index < -0.39 is 6.09 Å². The summed E-state index contributed by atoms with van der Waals surface area (Å²) in [5, 5.41) is 2.60. The van der Waals surface area contributed by atoms with Crippen molar-refractivity contribution >= 4 is 11.9 Å². The molecule has 1 heterocycles. The number of nitrogens with one attached hydrogen (secondary N) is 1. The number of benzene rings is 1. The van der Waals surface area contributed by atoms with Crippen molar-refractivity contribution in [3.8, 4) is 16.9 Å². The monoisotopic (exact) mass is 397 g/mol. The third-order valence-electron chi connectivity index (χ3n) is 4.97. The van der Waals surface area contributed by atoms with Crippen LogP contribution in [0.3, 0.4) is 0 Å². The predicted octanol–water partition coefficient (Wildman–Crippen LogP) is 4.95. The van der Waals surface area contributed by atoms with Crippen LogP contribution in [0.2, 0.25) is 0 Å². The maximum atomic E-state index is 11.4. The minimum atomic E-state index is -0.539. The van der Waals surface area contributed by atoms with Gasteiger partial charge in [0, 0.05) is 11.7 Å². The van der Waals surface area contributed by atoms with Gasteiger partial charge in [-0.2, -0.15) is 0 Å². The van der Waals surface area contributed by atoms with Gasteiger partial charge in [0.2, 0.25) is 0 Å². The topological polar surface area (TPSA) is 86.5 Å². The van der Waals surface area contributed by atoms with Crippen molar-refractivity contribution in [1.82, 2.24) is 4.98 Å². The van der Waals surface area contributed by atoms with Crippen LogP contribution in [0.1, 0.15) is 51.5 Å². The molecule has 1 aliphatic carbocycles. The summed E-state index contributed by atoms with van der Waals surface area (Å²) >= 11 is 0. The Kier molecular flexibility index (Phi) is 6.42. The Morgan fingerprint density at radius 3 is 2.66 bits per heavy atom. The summed E-state index contributed by atoms with van der Waals surface area (Å²) in [6, 6.07) is 10.0. The minimum Gasteiger partial charge on any atom is -0.491 e. The van der Waals surface area contributed by atoms with Crippen LogP contribution in [-0.4, -0.2) is 30.3 Å². The van der Waals surface area contributed by atoms with Gasteiger partial charge in [0.05, 0.1) is 7.11 Å². The lowest BCUT2D eigenvalue weighted by molar-refractivity contribution is 0.187. The number of carbonyl (C=O) groups excluding carboxylic acids is 1. The van der Waals surface area contributed by atoms with E-state index in [1.807, 2.05) is 31.2 Å². The Bertz CT molecular complexity index is 860. The van der Waals surface area contributed by atoms with Gasteiger partial charge in [-0.05, 0) is 79.0 Å². The number of ether oxygens (including phenoxy) is 2. The highest BCUT2D eigenvalue weighted by atomic mass is 16.5. The fourth-order valence-corrected chi connectivity index (χ4v) is 3.64. The number of carbonyl (C=O) groups is 1. The molecule has 0 spiro atoms. The summed E-state index contributed by atoms with van der Waals surface area (Å²) in [6.45, 7) is 6.89. The molecule has 1 aromatic heterocycles. The van der Waals surface area contributed by atoms with Gasteiger partial charge in [-0.3, -0.25) is 5.32 Å². The molecule has 1 amide bonds. The average Bonchev–Trinajstić information content (AvgIpc) is 3.50. The van der Waals surface area contributed by atoms with Crippen molar-refractivity contribution in [2.45, 2.75) is 51.5 Å². The van der Waals surface area contributed by atoms with Crippen LogP contribution in [0.5, 0.6) is 5.75 Å². The highest BCUT2D eigenvalue weighted by molar-refractivity contribution is 5.84. The molecule has 6 nitrogen and oxygen atoms in total. The van der Waals surface area contributed by atoms with Crippen molar-refractivity contribution in [3.63, 3.8) is 0 Å². The number of hydrogen-bond acceptors (Lipinski definition) is 5. The fraction of sp³-hybridized carbons (Fsp3) is 0.478. The molecule has 6 heteroatoms. The third kappa shape index (κ3) is 5.94. The number of anilines is 1. The summed E-state index contributed by atoms with van der Waals surface area (Å²) in [6.07, 6.45) is 4.40. The zero-order valence-electron chi connectivity index (χ0n) is 17.7. The standard InChI is InChI=1S/C23H31N3O3/c1-15(2)13-23(3,24)14-29-20-8-7-17(11-19(20)16-5-6-16)18-9-10-25-21(12-18)26-22(27)28-4/h7-12,15-16H,5-6,13-14,24H2,1-4H3,(H,25,26,27)/t23-/m0/s1. The molecule has 0 bridgehead atoms. The van der Waals surface area contributed by atoms with E-state index >= 15 is 0 Å². The van der Waals surface area contributed by atoms with Crippen LogP contribution < -0.4 is 15.8 Å². The number of methoxy groups -OCH3 is 1. The van der Waals surface area contributed by atoms with Gasteiger partial charge in [-0.1, -0.05) is 19.9 Å². The first-order valence-electron chi connectivity index (χ1n) is 10.1. The summed E-state index contributed by atoms with van der Waals surface area (Å²) in [5.74, 6) is 2.43. The first-order chi connectivity index (χ1) is 13.8. The predicted molar refractivity (Wildman–Crippen MR) is 115 cm³/mol. The van der Waals surface area contributed by atoms with Gasteiger partial charge >= 0.3 is 6.09 Å². The lowest BCUT2D eigenvalue weighted by Gasteiger charge is -2.27. The van der Waals surface area contributed by atoms with E-state index in [9.17, 15) is 4.79 Å². The van der Waals surface area contributed by atoms with Crippen molar-refractivity contribution < 1.29 is 14.3 Å². The number of rotatable bonds is 8. The summed E-state index contributed by atoms with van der Waals surface area (Å²) in [7, 11) is 1.33. The Balaban J connectivity index is 1.80. The molecule has 3 rings (SSSR count). The van der Waals surface area contributed by atoms with Crippen molar-refractivity contribution in [1.29, 1.82) is 0 Å². The molecule has 0 saturated heterocycles. The molecular weight excluding hydrogens is 366 g/mol. The third-order valence-corrected chi connectivity index (χ3v) is 4.97. The normalized spacial score (nSPS) is 15.7. The molecule has 0 unspecified atom stereocenters. The molecule has 1 fully saturated rings. The van der Waals surface area contributed by atoms with Gasteiger partial charge in [-0.15, -0.1) is 0 Å². The SMILES string of the molecule is COC(=O)Nc1cc(-c2ccc(OC[C@@](C)(N)CC(C)C)c(C3CC3)c2)ccn1. The quantitative estimate of drug-likeness (QED) is 0.658. The first kappa shape index (κ1) is 21.1. The largest absolute Gasteiger partial charge is 0.491 e. The van der Waals surface area contributed by atoms with Gasteiger partial charge < -0.3 is 15.2 Å². The van der Waals surface area contributed by atoms with Crippen LogP contribution in [0.25, 0.3) is 11.1 Å². The van der Waals surface area contributed by atoms with Gasteiger partial charge in [-0.25, -0.2) is 9.78 Å². The smallest absolute Gasteiger partial charge is 0.412 e. The van der Waals surface area contributed by atoms with E-state index in [2.05, 4.69) is 35.0 Å². The first-order valence-corrected chi connectivity index (χ1v) is 10.1. The van der Waals surface area contributed by atoms with Crippen LogP contribution in [0, 0.1) is 5.92 Å². The van der Waals surface area contributed by atoms with Crippen LogP contribution in [-0.2, 0) is 4.74 Å². The van der Waals surface area contributed by atoms with Gasteiger partial charge in [0.15, 0.2) is 0 Å². The van der Waals surface area contributed by atoms with Gasteiger partial charge in [0.25, 0.3) is 0 Å². The van der Waals surface area contributed by atoms with E-state index in [4.69, 9.17) is 10.5 Å². The Morgan fingerprint density at radius 1 is 1.28 bits per heavy atom. The lowest BCUT2D eigenvalue weighted by Crippen LogP contribution is -2.43. The molecule has 3 N–H and O–H groups in total. The van der Waals surface area contributed by atoms with E-state index in [1.54, 1.807) is 6.20 Å². The zero-order valence-corrected chi connectivity index (χ0v) is 17.7. The Labute approximate surface area is 172 Å². The number of aromatic nitrogens is 1. The van der Waals surface area contributed by atoms with Crippen LogP contribution >= 0.6 is 0 Å². The van der Waals surface area contributed by atoms with Crippen LogP contribution in [0.15, 0.2) is 36.5 Å². The van der Waals surface area contributed by atoms with Crippen molar-refractivity contribution in [2.75, 3.05) is 19.0 Å². The second-order valence-corrected chi connectivity index (χ2v) is 8.61. The zero-order chi connectivity index (χ0) is 21.0. The second-order valence-electron chi connectivity index (χ2n) is 8.61. The van der Waals surface area contributed by atoms with Crippen molar-refractivity contribution in [2.24, 2.45) is 11.7 Å². The summed E-state index contributed by atoms with van der Waals surface area (Å²) in [4.78, 5) is 15.6. The molecule has 2 aromatic rings. The number of pyridine rings is 1. The van der Waals surface area contributed by atoms with Crippen molar-refractivity contribution in [3.05, 3.63) is 42.1 Å². The molecule has 29 heavy (non-hydrogen) atoms. The molecule has 156 valence electrons. The molecule has 1 aromatic carbocycles. The molecular formula is C23H31N3O3. The van der Waals surface area contributed by atoms with E-state index in [0.717, 1.165) is 23.3 Å². The highest BCUT2D eigenvalue weighted by Gasteiger charge is 2.28. The maximum absolute atomic E-state index is 11.4. The average molecular weight is 398 g/mol. The summed E-state index contributed by atoms with van der Waals surface area (Å²) < 4.78 is 10.8.